The summed E-state index contributed by atoms with van der Waals surface area (Å²) in [5.41, 5.74) is 1.15. The third-order valence-electron chi connectivity index (χ3n) is 5.33. The summed E-state index contributed by atoms with van der Waals surface area (Å²) in [6.45, 7) is 3.45. The van der Waals surface area contributed by atoms with Gasteiger partial charge in [0.05, 0.1) is 6.54 Å². The van der Waals surface area contributed by atoms with Gasteiger partial charge in [-0.15, -0.1) is 6.42 Å². The summed E-state index contributed by atoms with van der Waals surface area (Å²) in [6, 6.07) is 8.26. The number of hydrogen-bond acceptors (Lipinski definition) is 2. The zero-order chi connectivity index (χ0) is 16.9. The van der Waals surface area contributed by atoms with Gasteiger partial charge >= 0.3 is 0 Å². The standard InChI is InChI=1S/C20H25ClN2O/c1-2-11-22-13-9-16(10-14-22)20(24)23-12-5-7-18(23)15-17-6-3-4-8-19(17)21/h1,3-4,6,8,16,18H,5,7,9-15H2/t18-/m1/s1. The Labute approximate surface area is 150 Å². The Morgan fingerprint density at radius 1 is 1.21 bits per heavy atom. The molecule has 0 unspecified atom stereocenters. The molecule has 2 aliphatic rings. The monoisotopic (exact) mass is 344 g/mol. The number of piperidine rings is 1. The molecule has 1 atom stereocenters. The van der Waals surface area contributed by atoms with Crippen molar-refractivity contribution in [2.24, 2.45) is 5.92 Å². The SMILES string of the molecule is C#CCN1CCC(C(=O)N2CCC[C@@H]2Cc2ccccc2Cl)CC1. The predicted molar refractivity (Wildman–Crippen MR) is 97.9 cm³/mol. The van der Waals surface area contributed by atoms with Gasteiger partial charge in [0, 0.05) is 23.5 Å². The molecule has 24 heavy (non-hydrogen) atoms. The van der Waals surface area contributed by atoms with Crippen molar-refractivity contribution in [3.63, 3.8) is 0 Å². The molecule has 0 saturated carbocycles. The number of nitrogens with zero attached hydrogens (tertiary/aromatic N) is 2. The van der Waals surface area contributed by atoms with Crippen LogP contribution in [0.2, 0.25) is 5.02 Å². The maximum atomic E-state index is 13.0. The molecule has 1 aromatic rings. The number of halogens is 1. The number of terminal acetylenes is 1. The van der Waals surface area contributed by atoms with Gasteiger partial charge in [0.25, 0.3) is 0 Å². The molecule has 0 aliphatic carbocycles. The highest BCUT2D eigenvalue weighted by atomic mass is 35.5. The normalized spacial score (nSPS) is 22.5. The van der Waals surface area contributed by atoms with Crippen molar-refractivity contribution in [2.45, 2.75) is 38.1 Å². The number of amides is 1. The molecular weight excluding hydrogens is 320 g/mol. The lowest BCUT2D eigenvalue weighted by molar-refractivity contribution is -0.137. The second kappa shape index (κ2) is 8.05. The van der Waals surface area contributed by atoms with Crippen LogP contribution in [-0.4, -0.2) is 47.9 Å². The Kier molecular flexibility index (Phi) is 5.81. The molecule has 3 rings (SSSR count). The lowest BCUT2D eigenvalue weighted by atomic mass is 9.94. The fraction of sp³-hybridized carbons (Fsp3) is 0.550. The van der Waals surface area contributed by atoms with Gasteiger partial charge in [-0.05, 0) is 56.8 Å². The van der Waals surface area contributed by atoms with E-state index in [-0.39, 0.29) is 5.92 Å². The third kappa shape index (κ3) is 3.94. The minimum atomic E-state index is 0.158. The van der Waals surface area contributed by atoms with Crippen molar-refractivity contribution in [1.82, 2.24) is 9.80 Å². The van der Waals surface area contributed by atoms with E-state index in [4.69, 9.17) is 18.0 Å². The maximum Gasteiger partial charge on any atom is 0.226 e. The number of rotatable bonds is 4. The third-order valence-corrected chi connectivity index (χ3v) is 5.69. The van der Waals surface area contributed by atoms with Crippen molar-refractivity contribution in [3.8, 4) is 12.3 Å². The van der Waals surface area contributed by atoms with E-state index >= 15 is 0 Å². The Balaban J connectivity index is 1.60. The van der Waals surface area contributed by atoms with Gasteiger partial charge < -0.3 is 4.90 Å². The van der Waals surface area contributed by atoms with Crippen molar-refractivity contribution in [3.05, 3.63) is 34.9 Å². The van der Waals surface area contributed by atoms with Gasteiger partial charge in [-0.3, -0.25) is 9.69 Å². The van der Waals surface area contributed by atoms with Crippen LogP contribution in [0.3, 0.4) is 0 Å². The molecule has 1 amide bonds. The van der Waals surface area contributed by atoms with Gasteiger partial charge in [-0.2, -0.15) is 0 Å². The van der Waals surface area contributed by atoms with Crippen molar-refractivity contribution in [1.29, 1.82) is 0 Å². The summed E-state index contributed by atoms with van der Waals surface area (Å²) >= 11 is 6.30. The molecule has 3 nitrogen and oxygen atoms in total. The molecule has 2 saturated heterocycles. The van der Waals surface area contributed by atoms with Gasteiger partial charge in [-0.25, -0.2) is 0 Å². The first-order valence-electron chi connectivity index (χ1n) is 8.88. The predicted octanol–water partition coefficient (Wildman–Crippen LogP) is 3.22. The topological polar surface area (TPSA) is 23.6 Å². The highest BCUT2D eigenvalue weighted by Crippen LogP contribution is 2.28. The van der Waals surface area contributed by atoms with Crippen molar-refractivity contribution >= 4 is 17.5 Å². The number of carbonyl (C=O) groups is 1. The number of carbonyl (C=O) groups excluding carboxylic acids is 1. The Morgan fingerprint density at radius 3 is 2.67 bits per heavy atom. The highest BCUT2D eigenvalue weighted by Gasteiger charge is 2.34. The van der Waals surface area contributed by atoms with E-state index in [1.807, 2.05) is 18.2 Å². The summed E-state index contributed by atoms with van der Waals surface area (Å²) < 4.78 is 0. The molecule has 0 aromatic heterocycles. The summed E-state index contributed by atoms with van der Waals surface area (Å²) in [5.74, 6) is 3.19. The Morgan fingerprint density at radius 2 is 1.96 bits per heavy atom. The van der Waals surface area contributed by atoms with E-state index in [0.717, 1.165) is 62.3 Å². The van der Waals surface area contributed by atoms with E-state index in [2.05, 4.69) is 21.8 Å². The average molecular weight is 345 g/mol. The van der Waals surface area contributed by atoms with E-state index in [1.165, 1.54) is 0 Å². The van der Waals surface area contributed by atoms with E-state index in [1.54, 1.807) is 0 Å². The lowest BCUT2D eigenvalue weighted by Gasteiger charge is -2.34. The second-order valence-corrected chi connectivity index (χ2v) is 7.28. The average Bonchev–Trinajstić information content (AvgIpc) is 3.05. The first-order valence-corrected chi connectivity index (χ1v) is 9.26. The fourth-order valence-electron chi connectivity index (χ4n) is 3.96. The number of hydrogen-bond donors (Lipinski definition) is 0. The first-order chi connectivity index (χ1) is 11.7. The van der Waals surface area contributed by atoms with Crippen LogP contribution in [-0.2, 0) is 11.2 Å². The molecule has 0 radical (unpaired) electrons. The van der Waals surface area contributed by atoms with E-state index < -0.39 is 0 Å². The largest absolute Gasteiger partial charge is 0.339 e. The molecular formula is C20H25ClN2O. The Hall–Kier alpha value is -1.50. The smallest absolute Gasteiger partial charge is 0.226 e. The van der Waals surface area contributed by atoms with Gasteiger partial charge in [0.15, 0.2) is 0 Å². The van der Waals surface area contributed by atoms with Crippen molar-refractivity contribution in [2.75, 3.05) is 26.2 Å². The zero-order valence-corrected chi connectivity index (χ0v) is 14.8. The summed E-state index contributed by atoms with van der Waals surface area (Å²) in [7, 11) is 0. The van der Waals surface area contributed by atoms with E-state index in [9.17, 15) is 4.79 Å². The van der Waals surface area contributed by atoms with Crippen molar-refractivity contribution < 1.29 is 4.79 Å². The second-order valence-electron chi connectivity index (χ2n) is 6.88. The first kappa shape index (κ1) is 17.3. The van der Waals surface area contributed by atoms with Crippen LogP contribution in [0.5, 0.6) is 0 Å². The molecule has 1 aromatic carbocycles. The maximum absolute atomic E-state index is 13.0. The molecule has 4 heteroatoms. The quantitative estimate of drug-likeness (QED) is 0.783. The molecule has 2 heterocycles. The molecule has 2 fully saturated rings. The van der Waals surface area contributed by atoms with E-state index in [0.29, 0.717) is 18.5 Å². The van der Waals surface area contributed by atoms with Crippen LogP contribution >= 0.6 is 11.6 Å². The van der Waals surface area contributed by atoms with Crippen LogP contribution in [0.25, 0.3) is 0 Å². The highest BCUT2D eigenvalue weighted by molar-refractivity contribution is 6.31. The summed E-state index contributed by atoms with van der Waals surface area (Å²) in [6.07, 6.45) is 10.3. The number of benzene rings is 1. The Bertz CT molecular complexity index is 616. The fourth-order valence-corrected chi connectivity index (χ4v) is 4.17. The molecule has 0 N–H and O–H groups in total. The molecule has 0 bridgehead atoms. The summed E-state index contributed by atoms with van der Waals surface area (Å²) in [5, 5.41) is 0.805. The molecule has 0 spiro atoms. The summed E-state index contributed by atoms with van der Waals surface area (Å²) in [4.78, 5) is 17.4. The van der Waals surface area contributed by atoms with Crippen LogP contribution in [0.4, 0.5) is 0 Å². The van der Waals surface area contributed by atoms with Crippen LogP contribution < -0.4 is 0 Å². The minimum absolute atomic E-state index is 0.158. The van der Waals surface area contributed by atoms with Gasteiger partial charge in [-0.1, -0.05) is 35.7 Å². The lowest BCUT2D eigenvalue weighted by Crippen LogP contribution is -2.45. The van der Waals surface area contributed by atoms with Crippen LogP contribution in [0.15, 0.2) is 24.3 Å². The van der Waals surface area contributed by atoms with Gasteiger partial charge in [0.1, 0.15) is 0 Å². The molecule has 2 aliphatic heterocycles. The molecule has 128 valence electrons. The minimum Gasteiger partial charge on any atom is -0.339 e. The van der Waals surface area contributed by atoms with Gasteiger partial charge in [0.2, 0.25) is 5.91 Å². The zero-order valence-electron chi connectivity index (χ0n) is 14.1. The van der Waals surface area contributed by atoms with Crippen LogP contribution in [0, 0.1) is 18.3 Å². The number of likely N-dealkylation sites (tertiary alicyclic amines) is 2. The van der Waals surface area contributed by atoms with Crippen LogP contribution in [0.1, 0.15) is 31.2 Å².